The molecule has 1 unspecified atom stereocenters. The van der Waals surface area contributed by atoms with E-state index in [2.05, 4.69) is 24.5 Å². The van der Waals surface area contributed by atoms with Gasteiger partial charge in [-0.1, -0.05) is 20.8 Å². The minimum Gasteiger partial charge on any atom is -0.356 e. The van der Waals surface area contributed by atoms with Crippen molar-refractivity contribution in [3.8, 4) is 0 Å². The molecular weight excluding hydrogens is 200 g/mol. The van der Waals surface area contributed by atoms with E-state index >= 15 is 0 Å². The van der Waals surface area contributed by atoms with Crippen molar-refractivity contribution in [3.63, 3.8) is 0 Å². The molecule has 0 aromatic rings. The highest BCUT2D eigenvalue weighted by atomic mass is 16.1. The van der Waals surface area contributed by atoms with E-state index in [0.717, 1.165) is 19.5 Å². The Morgan fingerprint density at radius 2 is 1.88 bits per heavy atom. The lowest BCUT2D eigenvalue weighted by Gasteiger charge is -2.20. The Hall–Kier alpha value is -0.570. The molecule has 2 N–H and O–H groups in total. The van der Waals surface area contributed by atoms with Gasteiger partial charge in [-0.25, -0.2) is 0 Å². The van der Waals surface area contributed by atoms with E-state index in [9.17, 15) is 4.79 Å². The molecule has 1 aliphatic carbocycles. The van der Waals surface area contributed by atoms with E-state index in [-0.39, 0.29) is 11.8 Å². The van der Waals surface area contributed by atoms with Crippen molar-refractivity contribution in [1.82, 2.24) is 10.6 Å². The molecule has 0 aromatic carbocycles. The van der Waals surface area contributed by atoms with Gasteiger partial charge in [0.25, 0.3) is 0 Å². The summed E-state index contributed by atoms with van der Waals surface area (Å²) in [6, 6.07) is 0.605. The second-order valence-corrected chi connectivity index (χ2v) is 5.63. The van der Waals surface area contributed by atoms with Crippen LogP contribution in [0, 0.1) is 11.3 Å². The van der Waals surface area contributed by atoms with E-state index in [0.29, 0.717) is 11.5 Å². The van der Waals surface area contributed by atoms with Gasteiger partial charge in [-0.05, 0) is 38.1 Å². The van der Waals surface area contributed by atoms with Crippen LogP contribution in [0.25, 0.3) is 0 Å². The summed E-state index contributed by atoms with van der Waals surface area (Å²) in [6.45, 7) is 10.2. The SMILES string of the molecule is CC(C)C(=O)NCCCNC(C)C1(C)CC1. The Kier molecular flexibility index (Phi) is 4.78. The zero-order valence-electron chi connectivity index (χ0n) is 11.1. The molecule has 0 bridgehead atoms. The molecule has 0 spiro atoms. The fourth-order valence-corrected chi connectivity index (χ4v) is 1.70. The van der Waals surface area contributed by atoms with Gasteiger partial charge in [-0.3, -0.25) is 4.79 Å². The number of hydrogen-bond donors (Lipinski definition) is 2. The highest BCUT2D eigenvalue weighted by molar-refractivity contribution is 5.77. The zero-order valence-corrected chi connectivity index (χ0v) is 11.1. The van der Waals surface area contributed by atoms with Crippen LogP contribution in [0.5, 0.6) is 0 Å². The average Bonchev–Trinajstić information content (AvgIpc) is 2.96. The minimum atomic E-state index is 0.0947. The first-order valence-corrected chi connectivity index (χ1v) is 6.47. The Morgan fingerprint density at radius 1 is 1.25 bits per heavy atom. The number of carbonyl (C=O) groups excluding carboxylic acids is 1. The predicted molar refractivity (Wildman–Crippen MR) is 67.3 cm³/mol. The molecule has 3 nitrogen and oxygen atoms in total. The summed E-state index contributed by atoms with van der Waals surface area (Å²) in [5.41, 5.74) is 0.543. The van der Waals surface area contributed by atoms with Crippen molar-refractivity contribution in [2.75, 3.05) is 13.1 Å². The third kappa shape index (κ3) is 4.12. The lowest BCUT2D eigenvalue weighted by molar-refractivity contribution is -0.123. The smallest absolute Gasteiger partial charge is 0.222 e. The van der Waals surface area contributed by atoms with Gasteiger partial charge in [-0.15, -0.1) is 0 Å². The number of hydrogen-bond acceptors (Lipinski definition) is 2. The van der Waals surface area contributed by atoms with Crippen LogP contribution < -0.4 is 10.6 Å². The summed E-state index contributed by atoms with van der Waals surface area (Å²) in [7, 11) is 0. The molecule has 0 radical (unpaired) electrons. The van der Waals surface area contributed by atoms with Crippen LogP contribution in [-0.2, 0) is 4.79 Å². The van der Waals surface area contributed by atoms with Crippen LogP contribution in [0.1, 0.15) is 47.0 Å². The normalized spacial score (nSPS) is 19.6. The van der Waals surface area contributed by atoms with Crippen LogP contribution in [-0.4, -0.2) is 25.0 Å². The fourth-order valence-electron chi connectivity index (χ4n) is 1.70. The Balaban J connectivity index is 1.98. The standard InChI is InChI=1S/C13H26N2O/c1-10(2)12(16)15-9-5-8-14-11(3)13(4)6-7-13/h10-11,14H,5-9H2,1-4H3,(H,15,16). The van der Waals surface area contributed by atoms with Crippen LogP contribution in [0.3, 0.4) is 0 Å². The maximum absolute atomic E-state index is 11.3. The lowest BCUT2D eigenvalue weighted by atomic mass is 10.0. The van der Waals surface area contributed by atoms with E-state index in [1.165, 1.54) is 12.8 Å². The van der Waals surface area contributed by atoms with Crippen molar-refractivity contribution in [2.45, 2.75) is 53.0 Å². The second-order valence-electron chi connectivity index (χ2n) is 5.63. The first-order valence-electron chi connectivity index (χ1n) is 6.47. The highest BCUT2D eigenvalue weighted by Gasteiger charge is 2.41. The maximum Gasteiger partial charge on any atom is 0.222 e. The number of carbonyl (C=O) groups is 1. The van der Waals surface area contributed by atoms with Crippen molar-refractivity contribution in [1.29, 1.82) is 0 Å². The number of nitrogens with one attached hydrogen (secondary N) is 2. The summed E-state index contributed by atoms with van der Waals surface area (Å²) in [5.74, 6) is 0.250. The van der Waals surface area contributed by atoms with Crippen LogP contribution in [0.4, 0.5) is 0 Å². The molecule has 1 fully saturated rings. The largest absolute Gasteiger partial charge is 0.356 e. The van der Waals surface area contributed by atoms with Gasteiger partial charge < -0.3 is 10.6 Å². The van der Waals surface area contributed by atoms with Gasteiger partial charge in [0.15, 0.2) is 0 Å². The molecule has 0 heterocycles. The predicted octanol–water partition coefficient (Wildman–Crippen LogP) is 1.93. The van der Waals surface area contributed by atoms with E-state index < -0.39 is 0 Å². The van der Waals surface area contributed by atoms with E-state index in [4.69, 9.17) is 0 Å². The number of amides is 1. The topological polar surface area (TPSA) is 41.1 Å². The molecule has 3 heteroatoms. The molecule has 1 aliphatic rings. The van der Waals surface area contributed by atoms with Crippen molar-refractivity contribution >= 4 is 5.91 Å². The summed E-state index contributed by atoms with van der Waals surface area (Å²) >= 11 is 0. The van der Waals surface area contributed by atoms with E-state index in [1.807, 2.05) is 13.8 Å². The van der Waals surface area contributed by atoms with Crippen molar-refractivity contribution in [2.24, 2.45) is 11.3 Å². The molecule has 0 aromatic heterocycles. The lowest BCUT2D eigenvalue weighted by Crippen LogP contribution is -2.36. The summed E-state index contributed by atoms with van der Waals surface area (Å²) in [4.78, 5) is 11.3. The van der Waals surface area contributed by atoms with Crippen molar-refractivity contribution < 1.29 is 4.79 Å². The van der Waals surface area contributed by atoms with Gasteiger partial charge >= 0.3 is 0 Å². The molecule has 0 saturated heterocycles. The quantitative estimate of drug-likeness (QED) is 0.651. The first kappa shape index (κ1) is 13.5. The molecule has 0 aliphatic heterocycles. The maximum atomic E-state index is 11.3. The average molecular weight is 226 g/mol. The summed E-state index contributed by atoms with van der Waals surface area (Å²) in [5, 5.41) is 6.47. The molecule has 1 saturated carbocycles. The molecule has 1 atom stereocenters. The Labute approximate surface area is 99.4 Å². The molecule has 16 heavy (non-hydrogen) atoms. The van der Waals surface area contributed by atoms with Gasteiger partial charge in [-0.2, -0.15) is 0 Å². The molecular formula is C13H26N2O. The van der Waals surface area contributed by atoms with E-state index in [1.54, 1.807) is 0 Å². The molecule has 94 valence electrons. The van der Waals surface area contributed by atoms with Crippen LogP contribution >= 0.6 is 0 Å². The zero-order chi connectivity index (χ0) is 12.2. The third-order valence-electron chi connectivity index (χ3n) is 3.71. The summed E-state index contributed by atoms with van der Waals surface area (Å²) < 4.78 is 0. The minimum absolute atomic E-state index is 0.0947. The molecule has 1 amide bonds. The van der Waals surface area contributed by atoms with Crippen molar-refractivity contribution in [3.05, 3.63) is 0 Å². The Morgan fingerprint density at radius 3 is 2.38 bits per heavy atom. The van der Waals surface area contributed by atoms with Crippen LogP contribution in [0.2, 0.25) is 0 Å². The van der Waals surface area contributed by atoms with Gasteiger partial charge in [0.05, 0.1) is 0 Å². The van der Waals surface area contributed by atoms with Gasteiger partial charge in [0.2, 0.25) is 5.91 Å². The Bertz CT molecular complexity index is 234. The monoisotopic (exact) mass is 226 g/mol. The van der Waals surface area contributed by atoms with Crippen LogP contribution in [0.15, 0.2) is 0 Å². The highest BCUT2D eigenvalue weighted by Crippen LogP contribution is 2.47. The fraction of sp³-hybridized carbons (Fsp3) is 0.923. The summed E-state index contributed by atoms with van der Waals surface area (Å²) in [6.07, 6.45) is 3.72. The third-order valence-corrected chi connectivity index (χ3v) is 3.71. The second kappa shape index (κ2) is 5.67. The number of rotatable bonds is 7. The van der Waals surface area contributed by atoms with Gasteiger partial charge in [0.1, 0.15) is 0 Å². The first-order chi connectivity index (χ1) is 7.46. The van der Waals surface area contributed by atoms with Gasteiger partial charge in [0, 0.05) is 18.5 Å². The molecule has 1 rings (SSSR count).